The second-order valence-electron chi connectivity index (χ2n) is 19.2. The van der Waals surface area contributed by atoms with Crippen LogP contribution in [0.1, 0.15) is 12.5 Å². The van der Waals surface area contributed by atoms with E-state index in [9.17, 15) is 0 Å². The van der Waals surface area contributed by atoms with Gasteiger partial charge in [0.05, 0.1) is 27.6 Å². The first-order valence-corrected chi connectivity index (χ1v) is 25.9. The van der Waals surface area contributed by atoms with Crippen molar-refractivity contribution >= 4 is 67.5 Å². The number of fused-ring (bicyclic) bond motifs is 4. The van der Waals surface area contributed by atoms with Crippen molar-refractivity contribution in [1.82, 2.24) is 14.1 Å². The summed E-state index contributed by atoms with van der Waals surface area (Å²) in [5, 5.41) is 5.59. The number of hydrogen-bond donors (Lipinski definition) is 0. The van der Waals surface area contributed by atoms with Crippen LogP contribution >= 0.6 is 0 Å². The highest BCUT2D eigenvalue weighted by Crippen LogP contribution is 2.39. The minimum Gasteiger partial charge on any atom is -0.311 e. The number of allylic oxidation sites excluding steroid dienone is 1. The Labute approximate surface area is 443 Å². The summed E-state index contributed by atoms with van der Waals surface area (Å²) >= 11 is 0. The fraction of sp³-hybridized carbons (Fsp3) is 0.0139. The Balaban J connectivity index is 0.985. The second-order valence-corrected chi connectivity index (χ2v) is 19.2. The predicted molar refractivity (Wildman–Crippen MR) is 321 cm³/mol. The van der Waals surface area contributed by atoms with Crippen LogP contribution in [0.15, 0.2) is 280 Å². The fourth-order valence-electron chi connectivity index (χ4n) is 10.9. The number of pyridine rings is 1. The summed E-state index contributed by atoms with van der Waals surface area (Å²) in [5.74, 6) is 0.848. The predicted octanol–water partition coefficient (Wildman–Crippen LogP) is 17.6. The van der Waals surface area contributed by atoms with Crippen molar-refractivity contribution in [2.45, 2.75) is 6.92 Å². The van der Waals surface area contributed by atoms with E-state index >= 15 is 0 Å². The number of anilines is 3. The Kier molecular flexibility index (Phi) is 11.9. The van der Waals surface area contributed by atoms with Crippen LogP contribution in [0, 0.1) is 0 Å². The average molecular weight is 973 g/mol. The Morgan fingerprint density at radius 1 is 0.395 bits per heavy atom. The van der Waals surface area contributed by atoms with E-state index in [-0.39, 0.29) is 0 Å². The normalized spacial score (nSPS) is 12.0. The molecule has 3 aromatic heterocycles. The SMILES string of the molecule is C=C(/C=c1\c(=C/C)n(-c2cc(-c3ccccc3)cc(-c3ccccc3)n2)c2ccc(-c3ccccc3)cc12)c1ccc2c(c1)c1cc(-c3ccccc3)ccc1n2-c1ccc(N(c2ccccc2)c2ccccc2)cc1. The van der Waals surface area contributed by atoms with Crippen LogP contribution in [0.2, 0.25) is 0 Å². The molecule has 0 bridgehead atoms. The lowest BCUT2D eigenvalue weighted by Gasteiger charge is -2.25. The first kappa shape index (κ1) is 45.8. The summed E-state index contributed by atoms with van der Waals surface area (Å²) in [6, 6.07) is 97.4. The number of hydrogen-bond acceptors (Lipinski definition) is 2. The molecule has 10 aromatic carbocycles. The monoisotopic (exact) mass is 972 g/mol. The number of aromatic nitrogens is 3. The molecule has 0 aliphatic heterocycles. The van der Waals surface area contributed by atoms with Gasteiger partial charge >= 0.3 is 0 Å². The smallest absolute Gasteiger partial charge is 0.138 e. The van der Waals surface area contributed by atoms with Crippen molar-refractivity contribution < 1.29 is 0 Å². The molecule has 0 unspecified atom stereocenters. The zero-order valence-corrected chi connectivity index (χ0v) is 42.1. The highest BCUT2D eigenvalue weighted by Gasteiger charge is 2.19. The summed E-state index contributed by atoms with van der Waals surface area (Å²) in [6.07, 6.45) is 4.49. The van der Waals surface area contributed by atoms with Crippen LogP contribution in [0.25, 0.3) is 107 Å². The van der Waals surface area contributed by atoms with E-state index in [1.165, 1.54) is 16.5 Å². The van der Waals surface area contributed by atoms with Crippen molar-refractivity contribution in [3.8, 4) is 56.1 Å². The van der Waals surface area contributed by atoms with E-state index in [4.69, 9.17) is 11.6 Å². The highest BCUT2D eigenvalue weighted by atomic mass is 15.1. The molecular formula is C72H52N4. The Hall–Kier alpha value is -10.0. The van der Waals surface area contributed by atoms with E-state index in [1.807, 2.05) is 0 Å². The van der Waals surface area contributed by atoms with E-state index < -0.39 is 0 Å². The molecule has 0 N–H and O–H groups in total. The maximum absolute atomic E-state index is 5.45. The molecule has 0 radical (unpaired) electrons. The van der Waals surface area contributed by atoms with Crippen LogP contribution < -0.4 is 15.5 Å². The highest BCUT2D eigenvalue weighted by molar-refractivity contribution is 6.12. The minimum absolute atomic E-state index is 0.848. The molecule has 0 aliphatic rings. The zero-order valence-electron chi connectivity index (χ0n) is 42.1. The van der Waals surface area contributed by atoms with Crippen molar-refractivity contribution in [2.24, 2.45) is 0 Å². The van der Waals surface area contributed by atoms with Crippen molar-refractivity contribution in [3.63, 3.8) is 0 Å². The van der Waals surface area contributed by atoms with Gasteiger partial charge in [-0.25, -0.2) is 4.98 Å². The maximum Gasteiger partial charge on any atom is 0.138 e. The molecule has 0 amide bonds. The fourth-order valence-corrected chi connectivity index (χ4v) is 10.9. The van der Waals surface area contributed by atoms with Crippen LogP contribution in [-0.4, -0.2) is 14.1 Å². The second kappa shape index (κ2) is 19.8. The first-order valence-electron chi connectivity index (χ1n) is 25.9. The van der Waals surface area contributed by atoms with Crippen molar-refractivity contribution in [1.29, 1.82) is 0 Å². The van der Waals surface area contributed by atoms with Crippen LogP contribution in [-0.2, 0) is 0 Å². The number of rotatable bonds is 11. The van der Waals surface area contributed by atoms with Gasteiger partial charge in [-0.05, 0) is 155 Å². The van der Waals surface area contributed by atoms with Gasteiger partial charge in [-0.1, -0.05) is 189 Å². The molecule has 4 heteroatoms. The third-order valence-corrected chi connectivity index (χ3v) is 14.6. The summed E-state index contributed by atoms with van der Waals surface area (Å²) in [4.78, 5) is 7.76. The van der Waals surface area contributed by atoms with Crippen LogP contribution in [0.5, 0.6) is 0 Å². The van der Waals surface area contributed by atoms with Gasteiger partial charge in [0.25, 0.3) is 0 Å². The Morgan fingerprint density at radius 2 is 0.842 bits per heavy atom. The van der Waals surface area contributed by atoms with Crippen molar-refractivity contribution in [2.75, 3.05) is 4.90 Å². The largest absolute Gasteiger partial charge is 0.311 e. The number of benzene rings is 10. The maximum atomic E-state index is 5.45. The molecular weight excluding hydrogens is 921 g/mol. The Bertz CT molecular complexity index is 4270. The molecule has 13 rings (SSSR count). The third kappa shape index (κ3) is 8.48. The van der Waals surface area contributed by atoms with Gasteiger partial charge in [0.2, 0.25) is 0 Å². The summed E-state index contributed by atoms with van der Waals surface area (Å²) in [6.45, 7) is 6.99. The van der Waals surface area contributed by atoms with E-state index in [0.717, 1.165) is 111 Å². The van der Waals surface area contributed by atoms with Crippen molar-refractivity contribution in [3.05, 3.63) is 296 Å². The summed E-state index contributed by atoms with van der Waals surface area (Å²) in [7, 11) is 0. The van der Waals surface area contributed by atoms with Crippen LogP contribution in [0.4, 0.5) is 17.1 Å². The minimum atomic E-state index is 0.848. The van der Waals surface area contributed by atoms with Gasteiger partial charge in [0, 0.05) is 49.7 Å². The van der Waals surface area contributed by atoms with Gasteiger partial charge in [-0.3, -0.25) is 4.57 Å². The van der Waals surface area contributed by atoms with Gasteiger partial charge in [0.15, 0.2) is 0 Å². The molecule has 76 heavy (non-hydrogen) atoms. The molecule has 0 aliphatic carbocycles. The molecule has 360 valence electrons. The van der Waals surface area contributed by atoms with Gasteiger partial charge in [-0.15, -0.1) is 0 Å². The zero-order chi connectivity index (χ0) is 51.0. The molecule has 4 nitrogen and oxygen atoms in total. The lowest BCUT2D eigenvalue weighted by Crippen LogP contribution is -2.28. The molecule has 0 saturated heterocycles. The van der Waals surface area contributed by atoms with Gasteiger partial charge < -0.3 is 9.47 Å². The lowest BCUT2D eigenvalue weighted by molar-refractivity contribution is 1.00. The number of para-hydroxylation sites is 2. The van der Waals surface area contributed by atoms with E-state index in [2.05, 4.69) is 306 Å². The van der Waals surface area contributed by atoms with Gasteiger partial charge in [-0.2, -0.15) is 0 Å². The standard InChI is InChI=1S/C72H52N4/c1-3-68-63(65-46-57(52-24-12-5-13-25-52)36-43-71(65)76(68)72-49-58(53-26-14-6-15-27-53)48-67(73-72)54-28-16-7-17-29-54)44-50(2)55-34-41-69-64(45-55)66-47-56(51-22-10-4-11-23-51)35-42-70(66)75(69)62-39-37-61(38-40-62)74(59-30-18-8-19-31-59)60-32-20-9-21-33-60/h3-49H,2H2,1H3/b63-44-,68-3+. The molecule has 13 aromatic rings. The summed E-state index contributed by atoms with van der Waals surface area (Å²) in [5.41, 5.74) is 18.5. The summed E-state index contributed by atoms with van der Waals surface area (Å²) < 4.78 is 4.73. The topological polar surface area (TPSA) is 26.0 Å². The third-order valence-electron chi connectivity index (χ3n) is 14.6. The van der Waals surface area contributed by atoms with Crippen LogP contribution in [0.3, 0.4) is 0 Å². The van der Waals surface area contributed by atoms with E-state index in [0.29, 0.717) is 0 Å². The quantitative estimate of drug-likeness (QED) is 0.129. The first-order chi connectivity index (χ1) is 37.6. The average Bonchev–Trinajstić information content (AvgIpc) is 4.01. The Morgan fingerprint density at radius 3 is 1.38 bits per heavy atom. The molecule has 0 saturated carbocycles. The number of nitrogens with zero attached hydrogens (tertiary/aromatic N) is 4. The molecule has 0 atom stereocenters. The van der Waals surface area contributed by atoms with E-state index in [1.54, 1.807) is 0 Å². The molecule has 0 spiro atoms. The molecule has 3 heterocycles. The lowest BCUT2D eigenvalue weighted by atomic mass is 9.99. The van der Waals surface area contributed by atoms with Gasteiger partial charge in [0.1, 0.15) is 5.82 Å². The molecule has 0 fully saturated rings.